The van der Waals surface area contributed by atoms with Crippen LogP contribution in [0.1, 0.15) is 104 Å². The molecule has 33 heavy (non-hydrogen) atoms. The first-order valence-electron chi connectivity index (χ1n) is 12.6. The van der Waals surface area contributed by atoms with Crippen molar-refractivity contribution in [3.63, 3.8) is 0 Å². The van der Waals surface area contributed by atoms with E-state index in [0.29, 0.717) is 5.92 Å². The molecule has 0 saturated carbocycles. The number of thiazole rings is 1. The van der Waals surface area contributed by atoms with Crippen LogP contribution in [0.4, 0.5) is 0 Å². The largest absolute Gasteiger partial charge is 0.380 e. The molecular formula is C28H47NO3S. The normalized spacial score (nSPS) is 16.3. The molecule has 0 aliphatic carbocycles. The summed E-state index contributed by atoms with van der Waals surface area (Å²) in [5.74, 6) is 1.43. The smallest absolute Gasteiger partial charge is 0.143 e. The summed E-state index contributed by atoms with van der Waals surface area (Å²) in [5.41, 5.74) is 1.86. The first kappa shape index (κ1) is 29.7. The summed E-state index contributed by atoms with van der Waals surface area (Å²) in [6.07, 6.45) is 11.1. The highest BCUT2D eigenvalue weighted by atomic mass is 32.1. The number of Topliss-reactive ketones (excluding diaryl/α,β-unsaturated/α-hetero) is 1. The summed E-state index contributed by atoms with van der Waals surface area (Å²) in [7, 11) is 1.58. The van der Waals surface area contributed by atoms with Gasteiger partial charge in [-0.1, -0.05) is 65.9 Å². The number of ether oxygens (including phenoxy) is 1. The van der Waals surface area contributed by atoms with Gasteiger partial charge in [-0.3, -0.25) is 4.79 Å². The molecule has 4 unspecified atom stereocenters. The van der Waals surface area contributed by atoms with Gasteiger partial charge in [0.15, 0.2) is 0 Å². The number of aryl methyl sites for hydroxylation is 1. The number of aldehydes is 1. The summed E-state index contributed by atoms with van der Waals surface area (Å²) < 4.78 is 5.44. The van der Waals surface area contributed by atoms with Crippen molar-refractivity contribution in [2.24, 2.45) is 23.2 Å². The minimum absolute atomic E-state index is 0.0204. The van der Waals surface area contributed by atoms with Crippen molar-refractivity contribution in [3.8, 4) is 0 Å². The zero-order chi connectivity index (χ0) is 25.0. The Morgan fingerprint density at radius 3 is 2.36 bits per heavy atom. The zero-order valence-electron chi connectivity index (χ0n) is 22.3. The van der Waals surface area contributed by atoms with Crippen molar-refractivity contribution >= 4 is 29.5 Å². The van der Waals surface area contributed by atoms with Crippen LogP contribution in [-0.2, 0) is 14.3 Å². The van der Waals surface area contributed by atoms with Crippen LogP contribution in [0.15, 0.2) is 11.0 Å². The van der Waals surface area contributed by atoms with E-state index >= 15 is 0 Å². The van der Waals surface area contributed by atoms with E-state index in [9.17, 15) is 9.59 Å². The number of ketones is 1. The number of hydrogen-bond donors (Lipinski definition) is 0. The summed E-state index contributed by atoms with van der Waals surface area (Å²) in [4.78, 5) is 28.5. The molecule has 0 bridgehead atoms. The van der Waals surface area contributed by atoms with Crippen LogP contribution < -0.4 is 0 Å². The molecule has 0 saturated heterocycles. The molecule has 0 amide bonds. The maximum Gasteiger partial charge on any atom is 0.143 e. The SMILES string of the molecule is COC(CC=O)C(C)(C)C(=O)C(C)CC(C)CCCC(C)CCC/C(C)=C/c1csc(C)n1. The first-order chi connectivity index (χ1) is 15.5. The molecule has 0 N–H and O–H groups in total. The van der Waals surface area contributed by atoms with Crippen molar-refractivity contribution in [1.82, 2.24) is 4.98 Å². The Kier molecular flexibility index (Phi) is 13.3. The van der Waals surface area contributed by atoms with Crippen LogP contribution in [0, 0.1) is 30.1 Å². The molecule has 4 nitrogen and oxygen atoms in total. The number of nitrogens with zero attached hydrogens (tertiary/aromatic N) is 1. The fourth-order valence-corrected chi connectivity index (χ4v) is 5.42. The topological polar surface area (TPSA) is 56.3 Å². The zero-order valence-corrected chi connectivity index (χ0v) is 23.1. The highest BCUT2D eigenvalue weighted by Crippen LogP contribution is 2.32. The summed E-state index contributed by atoms with van der Waals surface area (Å²) in [5, 5.41) is 3.25. The van der Waals surface area contributed by atoms with Gasteiger partial charge >= 0.3 is 0 Å². The molecule has 0 aromatic carbocycles. The molecule has 5 heteroatoms. The highest BCUT2D eigenvalue weighted by molar-refractivity contribution is 7.09. The van der Waals surface area contributed by atoms with Gasteiger partial charge in [0.2, 0.25) is 0 Å². The van der Waals surface area contributed by atoms with Gasteiger partial charge in [0.25, 0.3) is 0 Å². The van der Waals surface area contributed by atoms with E-state index in [-0.39, 0.29) is 24.2 Å². The lowest BCUT2D eigenvalue weighted by Crippen LogP contribution is -2.42. The molecule has 0 spiro atoms. The Hall–Kier alpha value is -1.33. The Bertz CT molecular complexity index is 752. The first-order valence-corrected chi connectivity index (χ1v) is 13.5. The second-order valence-corrected chi connectivity index (χ2v) is 11.7. The van der Waals surface area contributed by atoms with E-state index in [2.05, 4.69) is 37.2 Å². The molecule has 1 rings (SSSR count). The second-order valence-electron chi connectivity index (χ2n) is 10.7. The van der Waals surface area contributed by atoms with E-state index in [1.54, 1.807) is 18.4 Å². The van der Waals surface area contributed by atoms with Gasteiger partial charge in [0.05, 0.1) is 22.2 Å². The quantitative estimate of drug-likeness (QED) is 0.216. The van der Waals surface area contributed by atoms with Crippen molar-refractivity contribution in [2.75, 3.05) is 7.11 Å². The van der Waals surface area contributed by atoms with Gasteiger partial charge in [0, 0.05) is 24.8 Å². The maximum atomic E-state index is 13.0. The highest BCUT2D eigenvalue weighted by Gasteiger charge is 2.39. The van der Waals surface area contributed by atoms with Crippen LogP contribution in [-0.4, -0.2) is 30.3 Å². The predicted octanol–water partition coefficient (Wildman–Crippen LogP) is 7.69. The minimum atomic E-state index is -0.645. The van der Waals surface area contributed by atoms with E-state index < -0.39 is 5.41 Å². The second kappa shape index (κ2) is 14.8. The van der Waals surface area contributed by atoms with Crippen molar-refractivity contribution in [1.29, 1.82) is 0 Å². The fourth-order valence-electron chi connectivity index (χ4n) is 4.85. The van der Waals surface area contributed by atoms with Crippen molar-refractivity contribution in [2.45, 2.75) is 106 Å². The number of hydrogen-bond acceptors (Lipinski definition) is 5. The Balaban J connectivity index is 2.32. The molecule has 188 valence electrons. The molecule has 0 fully saturated rings. The van der Waals surface area contributed by atoms with Gasteiger partial charge in [-0.2, -0.15) is 0 Å². The number of methoxy groups -OCH3 is 1. The Labute approximate surface area is 206 Å². The van der Waals surface area contributed by atoms with Gasteiger partial charge < -0.3 is 9.53 Å². The summed E-state index contributed by atoms with van der Waals surface area (Å²) in [6.45, 7) is 14.7. The van der Waals surface area contributed by atoms with Gasteiger partial charge in [0.1, 0.15) is 12.1 Å². The number of carbonyl (C=O) groups is 2. The third-order valence-electron chi connectivity index (χ3n) is 6.93. The van der Waals surface area contributed by atoms with Crippen LogP contribution in [0.5, 0.6) is 0 Å². The van der Waals surface area contributed by atoms with Crippen LogP contribution in [0.2, 0.25) is 0 Å². The van der Waals surface area contributed by atoms with Gasteiger partial charge in [-0.15, -0.1) is 11.3 Å². The number of allylic oxidation sites excluding steroid dienone is 1. The number of aromatic nitrogens is 1. The number of carbonyl (C=O) groups excluding carboxylic acids is 2. The van der Waals surface area contributed by atoms with E-state index in [0.717, 1.165) is 42.2 Å². The van der Waals surface area contributed by atoms with Gasteiger partial charge in [-0.25, -0.2) is 4.98 Å². The Morgan fingerprint density at radius 2 is 1.79 bits per heavy atom. The summed E-state index contributed by atoms with van der Waals surface area (Å²) in [6, 6.07) is 0. The molecule has 0 aliphatic heterocycles. The standard InChI is InChI=1S/C28H47NO3S/c1-20(12-10-14-22(3)18-25-19-33-24(5)29-25)11-9-13-21(2)17-23(4)27(31)28(6,7)26(32-8)15-16-30/h16,18-21,23,26H,9-15,17H2,1-8H3/b22-18+. The van der Waals surface area contributed by atoms with E-state index in [1.165, 1.54) is 31.3 Å². The van der Waals surface area contributed by atoms with Crippen molar-refractivity contribution in [3.05, 3.63) is 21.7 Å². The molecule has 0 radical (unpaired) electrons. The van der Waals surface area contributed by atoms with E-state index in [1.807, 2.05) is 27.7 Å². The third kappa shape index (κ3) is 10.6. The molecule has 0 aliphatic rings. The lowest BCUT2D eigenvalue weighted by Gasteiger charge is -2.33. The monoisotopic (exact) mass is 477 g/mol. The van der Waals surface area contributed by atoms with Gasteiger partial charge in [-0.05, 0) is 51.0 Å². The molecule has 1 heterocycles. The fraction of sp³-hybridized carbons (Fsp3) is 0.750. The molecular weight excluding hydrogens is 430 g/mol. The van der Waals surface area contributed by atoms with Crippen LogP contribution in [0.3, 0.4) is 0 Å². The lowest BCUT2D eigenvalue weighted by atomic mass is 9.74. The minimum Gasteiger partial charge on any atom is -0.380 e. The Morgan fingerprint density at radius 1 is 1.15 bits per heavy atom. The van der Waals surface area contributed by atoms with Crippen LogP contribution in [0.25, 0.3) is 6.08 Å². The average Bonchev–Trinajstić information content (AvgIpc) is 3.15. The molecule has 1 aromatic rings. The lowest BCUT2D eigenvalue weighted by molar-refractivity contribution is -0.139. The van der Waals surface area contributed by atoms with E-state index in [4.69, 9.17) is 4.74 Å². The number of rotatable bonds is 17. The third-order valence-corrected chi connectivity index (χ3v) is 7.72. The summed E-state index contributed by atoms with van der Waals surface area (Å²) >= 11 is 1.70. The maximum absolute atomic E-state index is 13.0. The predicted molar refractivity (Wildman–Crippen MR) is 141 cm³/mol. The average molecular weight is 478 g/mol. The molecule has 4 atom stereocenters. The molecule has 1 aromatic heterocycles. The van der Waals surface area contributed by atoms with Crippen LogP contribution >= 0.6 is 11.3 Å². The van der Waals surface area contributed by atoms with Crippen molar-refractivity contribution < 1.29 is 14.3 Å².